The molecular weight excluding hydrogens is 394 g/mol. The molecule has 10 heteroatoms. The number of urea groups is 1. The number of fused-ring (bicyclic) bond motifs is 1. The van der Waals surface area contributed by atoms with Gasteiger partial charge in [0.15, 0.2) is 0 Å². The standard InChI is InChI=1S/C21H25N9O/c1-13(2)11-30-19-7-17(22-8-14(19)9-25-30)20-18(10-24-28-20)26-21(31)29(16-3-4-16)12-15-5-6-23-27-15/h5-10,13,16H,3-4,11-12H2,1-2H3,(H,23,27)(H,24,28)(H,26,31). The summed E-state index contributed by atoms with van der Waals surface area (Å²) < 4.78 is 1.99. The molecule has 5 rings (SSSR count). The number of nitrogens with zero attached hydrogens (tertiary/aromatic N) is 6. The van der Waals surface area contributed by atoms with Crippen LogP contribution in [0.3, 0.4) is 0 Å². The Kier molecular flexibility index (Phi) is 4.89. The van der Waals surface area contributed by atoms with E-state index in [0.29, 0.717) is 29.5 Å². The van der Waals surface area contributed by atoms with Gasteiger partial charge >= 0.3 is 6.03 Å². The number of nitrogens with one attached hydrogen (secondary N) is 3. The smallest absolute Gasteiger partial charge is 0.316 e. The number of hydrogen-bond acceptors (Lipinski definition) is 5. The Bertz CT molecular complexity index is 1190. The first kappa shape index (κ1) is 19.3. The van der Waals surface area contributed by atoms with E-state index in [9.17, 15) is 4.79 Å². The van der Waals surface area contributed by atoms with Crippen LogP contribution >= 0.6 is 0 Å². The Labute approximate surface area is 179 Å². The van der Waals surface area contributed by atoms with Crippen LogP contribution in [0.1, 0.15) is 32.4 Å². The van der Waals surface area contributed by atoms with Crippen molar-refractivity contribution >= 4 is 22.6 Å². The molecule has 10 nitrogen and oxygen atoms in total. The molecule has 160 valence electrons. The largest absolute Gasteiger partial charge is 0.322 e. The van der Waals surface area contributed by atoms with E-state index < -0.39 is 0 Å². The Morgan fingerprint density at radius 3 is 2.87 bits per heavy atom. The number of carbonyl (C=O) groups excluding carboxylic acids is 1. The molecule has 2 amide bonds. The summed E-state index contributed by atoms with van der Waals surface area (Å²) in [5, 5.41) is 22.5. The van der Waals surface area contributed by atoms with Crippen LogP contribution in [0.5, 0.6) is 0 Å². The van der Waals surface area contributed by atoms with Crippen molar-refractivity contribution in [3.05, 3.63) is 42.6 Å². The second kappa shape index (κ2) is 7.86. The Morgan fingerprint density at radius 1 is 1.26 bits per heavy atom. The average Bonchev–Trinajstić information content (AvgIpc) is 3.13. The zero-order valence-corrected chi connectivity index (χ0v) is 17.5. The van der Waals surface area contributed by atoms with Crippen LogP contribution in [0.15, 0.2) is 36.9 Å². The van der Waals surface area contributed by atoms with Gasteiger partial charge in [-0.3, -0.25) is 19.9 Å². The van der Waals surface area contributed by atoms with Crippen LogP contribution in [0.4, 0.5) is 10.5 Å². The third-order valence-electron chi connectivity index (χ3n) is 5.35. The molecule has 0 radical (unpaired) electrons. The fourth-order valence-electron chi connectivity index (χ4n) is 3.67. The number of amides is 2. The van der Waals surface area contributed by atoms with Crippen LogP contribution in [0.2, 0.25) is 0 Å². The predicted molar refractivity (Wildman–Crippen MR) is 116 cm³/mol. The lowest BCUT2D eigenvalue weighted by molar-refractivity contribution is 0.205. The van der Waals surface area contributed by atoms with Crippen molar-refractivity contribution in [3.8, 4) is 11.4 Å². The normalized spacial score (nSPS) is 13.8. The molecule has 1 aliphatic carbocycles. The second-order valence-electron chi connectivity index (χ2n) is 8.38. The summed E-state index contributed by atoms with van der Waals surface area (Å²) in [4.78, 5) is 19.4. The number of H-pyrrole nitrogens is 2. The minimum Gasteiger partial charge on any atom is -0.316 e. The molecule has 0 aliphatic heterocycles. The van der Waals surface area contributed by atoms with Gasteiger partial charge in [0.25, 0.3) is 0 Å². The fraction of sp³-hybridized carbons (Fsp3) is 0.381. The first-order valence-electron chi connectivity index (χ1n) is 10.5. The minimum absolute atomic E-state index is 0.161. The van der Waals surface area contributed by atoms with Crippen LogP contribution in [-0.4, -0.2) is 52.1 Å². The van der Waals surface area contributed by atoms with E-state index >= 15 is 0 Å². The van der Waals surface area contributed by atoms with Gasteiger partial charge in [-0.2, -0.15) is 15.3 Å². The summed E-state index contributed by atoms with van der Waals surface area (Å²) in [6, 6.07) is 3.95. The van der Waals surface area contributed by atoms with Crippen LogP contribution in [0, 0.1) is 5.92 Å². The molecule has 3 N–H and O–H groups in total. The van der Waals surface area contributed by atoms with Gasteiger partial charge in [-0.05, 0) is 30.9 Å². The molecule has 0 saturated heterocycles. The Morgan fingerprint density at radius 2 is 2.13 bits per heavy atom. The van der Waals surface area contributed by atoms with Crippen molar-refractivity contribution in [2.75, 3.05) is 5.32 Å². The first-order valence-corrected chi connectivity index (χ1v) is 10.5. The van der Waals surface area contributed by atoms with E-state index in [4.69, 9.17) is 0 Å². The number of pyridine rings is 1. The number of anilines is 1. The highest BCUT2D eigenvalue weighted by molar-refractivity contribution is 5.94. The third-order valence-corrected chi connectivity index (χ3v) is 5.35. The summed E-state index contributed by atoms with van der Waals surface area (Å²) in [5.74, 6) is 0.477. The van der Waals surface area contributed by atoms with E-state index in [-0.39, 0.29) is 12.1 Å². The summed E-state index contributed by atoms with van der Waals surface area (Å²) in [6.45, 7) is 5.63. The molecule has 0 spiro atoms. The van der Waals surface area contributed by atoms with Crippen molar-refractivity contribution in [2.24, 2.45) is 5.92 Å². The van der Waals surface area contributed by atoms with Crippen molar-refractivity contribution in [2.45, 2.75) is 45.8 Å². The summed E-state index contributed by atoms with van der Waals surface area (Å²) in [5.41, 5.74) is 3.88. The lowest BCUT2D eigenvalue weighted by atomic mass is 10.2. The zero-order chi connectivity index (χ0) is 21.4. The molecule has 1 fully saturated rings. The number of hydrogen-bond donors (Lipinski definition) is 3. The van der Waals surface area contributed by atoms with Gasteiger partial charge in [0.2, 0.25) is 0 Å². The highest BCUT2D eigenvalue weighted by Crippen LogP contribution is 2.31. The maximum absolute atomic E-state index is 13.1. The number of aromatic nitrogens is 7. The lowest BCUT2D eigenvalue weighted by Gasteiger charge is -2.22. The minimum atomic E-state index is -0.161. The SMILES string of the molecule is CC(C)Cn1ncc2cnc(-c3[nH]ncc3NC(=O)N(Cc3ccn[nH]3)C3CC3)cc21. The van der Waals surface area contributed by atoms with E-state index in [2.05, 4.69) is 49.6 Å². The highest BCUT2D eigenvalue weighted by Gasteiger charge is 2.33. The molecule has 4 aromatic rings. The van der Waals surface area contributed by atoms with Gasteiger partial charge in [-0.1, -0.05) is 13.8 Å². The van der Waals surface area contributed by atoms with Crippen LogP contribution in [0.25, 0.3) is 22.3 Å². The highest BCUT2D eigenvalue weighted by atomic mass is 16.2. The first-order chi connectivity index (χ1) is 15.1. The Balaban J connectivity index is 1.39. The second-order valence-corrected chi connectivity index (χ2v) is 8.38. The quantitative estimate of drug-likeness (QED) is 0.424. The molecule has 0 unspecified atom stereocenters. The summed E-state index contributed by atoms with van der Waals surface area (Å²) >= 11 is 0. The predicted octanol–water partition coefficient (Wildman–Crippen LogP) is 3.40. The van der Waals surface area contributed by atoms with Crippen molar-refractivity contribution in [3.63, 3.8) is 0 Å². The molecule has 31 heavy (non-hydrogen) atoms. The van der Waals surface area contributed by atoms with E-state index in [0.717, 1.165) is 36.0 Å². The van der Waals surface area contributed by atoms with Gasteiger partial charge in [0.05, 0.1) is 41.5 Å². The van der Waals surface area contributed by atoms with Gasteiger partial charge in [-0.25, -0.2) is 4.79 Å². The maximum atomic E-state index is 13.1. The molecule has 0 aromatic carbocycles. The molecule has 0 bridgehead atoms. The average molecular weight is 419 g/mol. The molecule has 0 atom stereocenters. The molecular formula is C21H25N9O. The number of rotatable bonds is 7. The summed E-state index contributed by atoms with van der Waals surface area (Å²) in [7, 11) is 0. The van der Waals surface area contributed by atoms with E-state index in [1.54, 1.807) is 18.6 Å². The van der Waals surface area contributed by atoms with Crippen molar-refractivity contribution in [1.82, 2.24) is 40.1 Å². The summed E-state index contributed by atoms with van der Waals surface area (Å²) in [6.07, 6.45) is 8.96. The molecule has 1 saturated carbocycles. The van der Waals surface area contributed by atoms with E-state index in [1.165, 1.54) is 0 Å². The van der Waals surface area contributed by atoms with Crippen LogP contribution < -0.4 is 5.32 Å². The van der Waals surface area contributed by atoms with Crippen molar-refractivity contribution in [1.29, 1.82) is 0 Å². The van der Waals surface area contributed by atoms with Crippen LogP contribution in [-0.2, 0) is 13.1 Å². The van der Waals surface area contributed by atoms with Gasteiger partial charge < -0.3 is 10.2 Å². The van der Waals surface area contributed by atoms with Gasteiger partial charge in [0.1, 0.15) is 5.69 Å². The molecule has 1 aliphatic rings. The topological polar surface area (TPSA) is 120 Å². The molecule has 4 aromatic heterocycles. The third kappa shape index (κ3) is 4.00. The monoisotopic (exact) mass is 419 g/mol. The fourth-order valence-corrected chi connectivity index (χ4v) is 3.67. The molecule has 4 heterocycles. The van der Waals surface area contributed by atoms with Gasteiger partial charge in [-0.15, -0.1) is 0 Å². The van der Waals surface area contributed by atoms with Gasteiger partial charge in [0, 0.05) is 30.4 Å². The number of carbonyl (C=O) groups is 1. The zero-order valence-electron chi connectivity index (χ0n) is 17.5. The maximum Gasteiger partial charge on any atom is 0.322 e. The van der Waals surface area contributed by atoms with Crippen molar-refractivity contribution < 1.29 is 4.79 Å². The number of aromatic amines is 2. The lowest BCUT2D eigenvalue weighted by Crippen LogP contribution is -2.36. The Hall–Kier alpha value is -3.69. The van der Waals surface area contributed by atoms with E-state index in [1.807, 2.05) is 27.9 Å².